The first-order valence-corrected chi connectivity index (χ1v) is 6.32. The summed E-state index contributed by atoms with van der Waals surface area (Å²) >= 11 is 0. The van der Waals surface area contributed by atoms with Crippen molar-refractivity contribution < 1.29 is 19.4 Å². The van der Waals surface area contributed by atoms with Gasteiger partial charge in [-0.2, -0.15) is 0 Å². The summed E-state index contributed by atoms with van der Waals surface area (Å²) in [7, 11) is 0. The molecule has 0 aliphatic rings. The summed E-state index contributed by atoms with van der Waals surface area (Å²) in [5.41, 5.74) is 0.217. The lowest BCUT2D eigenvalue weighted by Crippen LogP contribution is -2.38. The molecule has 104 valence electrons. The van der Waals surface area contributed by atoms with Gasteiger partial charge in [-0.1, -0.05) is 51.1 Å². The molecule has 19 heavy (non-hydrogen) atoms. The molecule has 0 radical (unpaired) electrons. The van der Waals surface area contributed by atoms with Gasteiger partial charge in [0.1, 0.15) is 6.61 Å². The fourth-order valence-electron chi connectivity index (χ4n) is 1.77. The molecular formula is C15H20O4. The van der Waals surface area contributed by atoms with Crippen LogP contribution in [-0.2, 0) is 20.9 Å². The number of carbonyl (C=O) groups excluding carboxylic acids is 1. The minimum absolute atomic E-state index is 0.100. The second kappa shape index (κ2) is 6.36. The molecular weight excluding hydrogens is 244 g/mol. The maximum atomic E-state index is 12.0. The summed E-state index contributed by atoms with van der Waals surface area (Å²) in [6.07, 6.45) is 0.588. The Morgan fingerprint density at radius 3 is 2.32 bits per heavy atom. The molecule has 0 fully saturated rings. The van der Waals surface area contributed by atoms with Crippen molar-refractivity contribution in [2.24, 2.45) is 11.3 Å². The fraction of sp³-hybridized carbons (Fsp3) is 0.467. The number of carboxylic acids is 1. The molecule has 4 heteroatoms. The van der Waals surface area contributed by atoms with Gasteiger partial charge < -0.3 is 9.84 Å². The zero-order chi connectivity index (χ0) is 14.5. The third-order valence-electron chi connectivity index (χ3n) is 3.40. The second-order valence-electron chi connectivity index (χ2n) is 5.21. The molecule has 0 saturated carbocycles. The zero-order valence-electron chi connectivity index (χ0n) is 11.6. The van der Waals surface area contributed by atoms with E-state index in [0.717, 1.165) is 5.56 Å². The van der Waals surface area contributed by atoms with E-state index in [2.05, 4.69) is 0 Å². The number of aliphatic carboxylic acids is 1. The lowest BCUT2D eigenvalue weighted by Gasteiger charge is -2.28. The van der Waals surface area contributed by atoms with Crippen LogP contribution in [0.5, 0.6) is 0 Å². The number of ether oxygens (including phenoxy) is 1. The highest BCUT2D eigenvalue weighted by Crippen LogP contribution is 2.31. The monoisotopic (exact) mass is 264 g/mol. The van der Waals surface area contributed by atoms with Crippen molar-refractivity contribution in [3.8, 4) is 0 Å². The number of carboxylic acid groups (broad SMARTS) is 1. The van der Waals surface area contributed by atoms with Crippen LogP contribution in [0.3, 0.4) is 0 Å². The first-order valence-electron chi connectivity index (χ1n) is 6.32. The smallest absolute Gasteiger partial charge is 0.321 e. The highest BCUT2D eigenvalue weighted by molar-refractivity contribution is 5.94. The van der Waals surface area contributed by atoms with E-state index in [1.54, 1.807) is 13.8 Å². The molecule has 1 N–H and O–H groups in total. The van der Waals surface area contributed by atoms with Crippen LogP contribution in [0.2, 0.25) is 0 Å². The van der Waals surface area contributed by atoms with Gasteiger partial charge in [0.05, 0.1) is 0 Å². The molecule has 0 amide bonds. The highest BCUT2D eigenvalue weighted by Gasteiger charge is 2.41. The van der Waals surface area contributed by atoms with Crippen LogP contribution in [0.25, 0.3) is 0 Å². The molecule has 1 rings (SSSR count). The van der Waals surface area contributed by atoms with Crippen LogP contribution in [0.4, 0.5) is 0 Å². The molecule has 0 bridgehead atoms. The van der Waals surface area contributed by atoms with E-state index in [1.165, 1.54) is 0 Å². The number of hydrogen-bond acceptors (Lipinski definition) is 3. The SMILES string of the molecule is CCC(C)(C)C(C(=O)O)C(=O)OCc1ccccc1. The van der Waals surface area contributed by atoms with Crippen LogP contribution in [-0.4, -0.2) is 17.0 Å². The molecule has 0 aliphatic heterocycles. The van der Waals surface area contributed by atoms with Gasteiger partial charge in [-0.05, 0) is 17.4 Å². The van der Waals surface area contributed by atoms with E-state index in [0.29, 0.717) is 6.42 Å². The van der Waals surface area contributed by atoms with E-state index in [9.17, 15) is 14.7 Å². The molecule has 4 nitrogen and oxygen atoms in total. The Morgan fingerprint density at radius 2 is 1.84 bits per heavy atom. The average Bonchev–Trinajstić information content (AvgIpc) is 2.37. The Morgan fingerprint density at radius 1 is 1.26 bits per heavy atom. The zero-order valence-corrected chi connectivity index (χ0v) is 11.6. The topological polar surface area (TPSA) is 63.6 Å². The largest absolute Gasteiger partial charge is 0.481 e. The third kappa shape index (κ3) is 4.09. The predicted molar refractivity (Wildman–Crippen MR) is 71.4 cm³/mol. The molecule has 1 unspecified atom stereocenters. The minimum atomic E-state index is -1.14. The van der Waals surface area contributed by atoms with Crippen molar-refractivity contribution in [2.75, 3.05) is 0 Å². The third-order valence-corrected chi connectivity index (χ3v) is 3.40. The predicted octanol–water partition coefficient (Wildman–Crippen LogP) is 2.87. The van der Waals surface area contributed by atoms with Crippen LogP contribution in [0.1, 0.15) is 32.8 Å². The maximum Gasteiger partial charge on any atom is 0.321 e. The van der Waals surface area contributed by atoms with Crippen LogP contribution in [0.15, 0.2) is 30.3 Å². The summed E-state index contributed by atoms with van der Waals surface area (Å²) in [5, 5.41) is 9.21. The number of esters is 1. The van der Waals surface area contributed by atoms with E-state index < -0.39 is 23.3 Å². The molecule has 1 aromatic carbocycles. The summed E-state index contributed by atoms with van der Waals surface area (Å²) in [4.78, 5) is 23.2. The van der Waals surface area contributed by atoms with Gasteiger partial charge in [0.2, 0.25) is 0 Å². The van der Waals surface area contributed by atoms with Gasteiger partial charge in [0.25, 0.3) is 0 Å². The molecule has 0 aliphatic carbocycles. The van der Waals surface area contributed by atoms with Crippen LogP contribution in [0, 0.1) is 11.3 Å². The highest BCUT2D eigenvalue weighted by atomic mass is 16.5. The number of hydrogen-bond donors (Lipinski definition) is 1. The lowest BCUT2D eigenvalue weighted by molar-refractivity contribution is -0.165. The molecule has 0 aromatic heterocycles. The summed E-state index contributed by atoms with van der Waals surface area (Å²) in [5.74, 6) is -2.95. The van der Waals surface area contributed by atoms with Gasteiger partial charge in [-0.25, -0.2) is 0 Å². The minimum Gasteiger partial charge on any atom is -0.481 e. The molecule has 0 saturated heterocycles. The Balaban J connectivity index is 2.71. The Kier molecular flexibility index (Phi) is 5.10. The van der Waals surface area contributed by atoms with E-state index in [1.807, 2.05) is 37.3 Å². The van der Waals surface area contributed by atoms with Crippen LogP contribution >= 0.6 is 0 Å². The molecule has 1 atom stereocenters. The Bertz CT molecular complexity index is 437. The summed E-state index contributed by atoms with van der Waals surface area (Å²) in [6.45, 7) is 5.48. The normalized spacial score (nSPS) is 12.8. The fourth-order valence-corrected chi connectivity index (χ4v) is 1.77. The average molecular weight is 264 g/mol. The number of rotatable bonds is 6. The summed E-state index contributed by atoms with van der Waals surface area (Å²) < 4.78 is 5.12. The quantitative estimate of drug-likeness (QED) is 0.634. The van der Waals surface area contributed by atoms with Gasteiger partial charge in [0.15, 0.2) is 5.92 Å². The van der Waals surface area contributed by atoms with Crippen molar-refractivity contribution in [3.63, 3.8) is 0 Å². The van der Waals surface area contributed by atoms with E-state index in [4.69, 9.17) is 4.74 Å². The summed E-state index contributed by atoms with van der Waals surface area (Å²) in [6, 6.07) is 9.20. The molecule has 0 heterocycles. The molecule has 0 spiro atoms. The van der Waals surface area contributed by atoms with E-state index in [-0.39, 0.29) is 6.61 Å². The molecule has 1 aromatic rings. The first-order chi connectivity index (χ1) is 8.88. The van der Waals surface area contributed by atoms with Gasteiger partial charge in [0, 0.05) is 0 Å². The van der Waals surface area contributed by atoms with Crippen molar-refractivity contribution in [1.82, 2.24) is 0 Å². The van der Waals surface area contributed by atoms with Crippen molar-refractivity contribution in [1.29, 1.82) is 0 Å². The van der Waals surface area contributed by atoms with Crippen molar-refractivity contribution >= 4 is 11.9 Å². The number of carbonyl (C=O) groups is 2. The maximum absolute atomic E-state index is 12.0. The Labute approximate surface area is 113 Å². The standard InChI is InChI=1S/C15H20O4/c1-4-15(2,3)12(13(16)17)14(18)19-10-11-8-6-5-7-9-11/h5-9,12H,4,10H2,1-3H3,(H,16,17). The van der Waals surface area contributed by atoms with E-state index >= 15 is 0 Å². The Hall–Kier alpha value is -1.84. The van der Waals surface area contributed by atoms with Gasteiger partial charge in [-0.15, -0.1) is 0 Å². The van der Waals surface area contributed by atoms with Gasteiger partial charge >= 0.3 is 11.9 Å². The lowest BCUT2D eigenvalue weighted by atomic mass is 9.77. The van der Waals surface area contributed by atoms with Gasteiger partial charge in [-0.3, -0.25) is 9.59 Å². The van der Waals surface area contributed by atoms with Crippen molar-refractivity contribution in [2.45, 2.75) is 33.8 Å². The van der Waals surface area contributed by atoms with Crippen LogP contribution < -0.4 is 0 Å². The first kappa shape index (κ1) is 15.2. The second-order valence-corrected chi connectivity index (χ2v) is 5.21. The number of benzene rings is 1. The van der Waals surface area contributed by atoms with Crippen molar-refractivity contribution in [3.05, 3.63) is 35.9 Å².